The van der Waals surface area contributed by atoms with Crippen LogP contribution >= 0.6 is 0 Å². The molecule has 0 amide bonds. The number of aromatic nitrogens is 1. The molecule has 0 saturated heterocycles. The van der Waals surface area contributed by atoms with Crippen molar-refractivity contribution in [2.75, 3.05) is 14.2 Å². The van der Waals surface area contributed by atoms with Gasteiger partial charge in [-0.15, -0.1) is 0 Å². The lowest BCUT2D eigenvalue weighted by Crippen LogP contribution is -2.11. The third-order valence-corrected chi connectivity index (χ3v) is 3.12. The zero-order valence-electron chi connectivity index (χ0n) is 11.0. The Kier molecular flexibility index (Phi) is 3.95. The van der Waals surface area contributed by atoms with E-state index in [1.165, 1.54) is 11.1 Å². The Bertz CT molecular complexity index is 508. The zero-order chi connectivity index (χ0) is 13.0. The van der Waals surface area contributed by atoms with Crippen LogP contribution in [0.15, 0.2) is 42.6 Å². The molecular weight excluding hydrogens is 224 g/mol. The molecule has 0 fully saturated rings. The summed E-state index contributed by atoms with van der Waals surface area (Å²) in [6, 6.07) is 12.8. The number of hydrogen-bond donors (Lipinski definition) is 1. The quantitative estimate of drug-likeness (QED) is 0.894. The Labute approximate surface area is 108 Å². The summed E-state index contributed by atoms with van der Waals surface area (Å²) >= 11 is 0. The summed E-state index contributed by atoms with van der Waals surface area (Å²) in [7, 11) is 3.59. The van der Waals surface area contributed by atoms with Crippen LogP contribution in [0.5, 0.6) is 5.88 Å². The van der Waals surface area contributed by atoms with Gasteiger partial charge in [0.05, 0.1) is 7.11 Å². The van der Waals surface area contributed by atoms with Crippen molar-refractivity contribution < 1.29 is 4.74 Å². The molecule has 0 aliphatic carbocycles. The van der Waals surface area contributed by atoms with Crippen molar-refractivity contribution in [2.24, 2.45) is 0 Å². The summed E-state index contributed by atoms with van der Waals surface area (Å²) in [6.45, 7) is 2.14. The summed E-state index contributed by atoms with van der Waals surface area (Å²) in [5.74, 6) is 0.639. The van der Waals surface area contributed by atoms with E-state index in [4.69, 9.17) is 4.74 Å². The van der Waals surface area contributed by atoms with Crippen molar-refractivity contribution in [1.29, 1.82) is 0 Å². The average Bonchev–Trinajstić information content (AvgIpc) is 2.46. The minimum Gasteiger partial charge on any atom is -0.481 e. The molecule has 94 valence electrons. The number of methoxy groups -OCH3 is 1. The molecule has 1 unspecified atom stereocenters. The number of rotatable bonds is 4. The minimum absolute atomic E-state index is 0.367. The maximum absolute atomic E-state index is 5.13. The van der Waals surface area contributed by atoms with Crippen LogP contribution < -0.4 is 10.1 Å². The van der Waals surface area contributed by atoms with Gasteiger partial charge in [-0.05, 0) is 36.7 Å². The Morgan fingerprint density at radius 2 is 1.83 bits per heavy atom. The second-order valence-corrected chi connectivity index (χ2v) is 4.22. The minimum atomic E-state index is 0.367. The fourth-order valence-corrected chi connectivity index (χ4v) is 1.83. The molecule has 2 aromatic rings. The van der Waals surface area contributed by atoms with Crippen LogP contribution in [-0.4, -0.2) is 19.1 Å². The number of nitrogens with one attached hydrogen (secondary N) is 1. The molecule has 18 heavy (non-hydrogen) atoms. The molecule has 0 spiro atoms. The van der Waals surface area contributed by atoms with Gasteiger partial charge in [-0.3, -0.25) is 0 Å². The molecule has 0 aliphatic rings. The Morgan fingerprint density at radius 3 is 2.44 bits per heavy atom. The van der Waals surface area contributed by atoms with Crippen molar-refractivity contribution in [3.05, 3.63) is 48.2 Å². The molecule has 3 heteroatoms. The lowest BCUT2D eigenvalue weighted by molar-refractivity contribution is 0.398. The summed E-state index contributed by atoms with van der Waals surface area (Å²) in [5, 5.41) is 3.23. The fourth-order valence-electron chi connectivity index (χ4n) is 1.83. The first kappa shape index (κ1) is 12.6. The average molecular weight is 242 g/mol. The number of ether oxygens (including phenoxy) is 1. The molecule has 0 radical (unpaired) electrons. The van der Waals surface area contributed by atoms with Crippen LogP contribution in [0.25, 0.3) is 11.1 Å². The molecule has 1 heterocycles. The van der Waals surface area contributed by atoms with Gasteiger partial charge in [-0.25, -0.2) is 4.98 Å². The van der Waals surface area contributed by atoms with Gasteiger partial charge in [-0.2, -0.15) is 0 Å². The van der Waals surface area contributed by atoms with Gasteiger partial charge in [0.15, 0.2) is 0 Å². The molecule has 2 rings (SSSR count). The SMILES string of the molecule is CNC(C)c1ccc(-c2ccnc(OC)c2)cc1. The number of nitrogens with zero attached hydrogens (tertiary/aromatic N) is 1. The highest BCUT2D eigenvalue weighted by atomic mass is 16.5. The van der Waals surface area contributed by atoms with E-state index < -0.39 is 0 Å². The third kappa shape index (κ3) is 2.68. The van der Waals surface area contributed by atoms with E-state index in [0.717, 1.165) is 5.56 Å². The second-order valence-electron chi connectivity index (χ2n) is 4.22. The molecule has 0 aliphatic heterocycles. The standard InChI is InChI=1S/C15H18N2O/c1-11(16-2)12-4-6-13(7-5-12)14-8-9-17-15(10-14)18-3/h4-11,16H,1-3H3. The summed E-state index contributed by atoms with van der Waals surface area (Å²) in [4.78, 5) is 4.11. The maximum Gasteiger partial charge on any atom is 0.213 e. The van der Waals surface area contributed by atoms with Gasteiger partial charge < -0.3 is 10.1 Å². The van der Waals surface area contributed by atoms with E-state index >= 15 is 0 Å². The number of pyridine rings is 1. The van der Waals surface area contributed by atoms with Crippen LogP contribution in [0, 0.1) is 0 Å². The van der Waals surface area contributed by atoms with Crippen molar-refractivity contribution in [2.45, 2.75) is 13.0 Å². The molecule has 1 aromatic carbocycles. The second kappa shape index (κ2) is 5.65. The van der Waals surface area contributed by atoms with Crippen molar-refractivity contribution in [1.82, 2.24) is 10.3 Å². The van der Waals surface area contributed by atoms with E-state index in [-0.39, 0.29) is 0 Å². The van der Waals surface area contributed by atoms with E-state index in [0.29, 0.717) is 11.9 Å². The zero-order valence-corrected chi connectivity index (χ0v) is 11.0. The number of hydrogen-bond acceptors (Lipinski definition) is 3. The van der Waals surface area contributed by atoms with Gasteiger partial charge in [0.1, 0.15) is 0 Å². The van der Waals surface area contributed by atoms with E-state index in [1.54, 1.807) is 13.3 Å². The first-order valence-electron chi connectivity index (χ1n) is 6.02. The molecule has 1 N–H and O–H groups in total. The lowest BCUT2D eigenvalue weighted by Gasteiger charge is -2.11. The van der Waals surface area contributed by atoms with Gasteiger partial charge >= 0.3 is 0 Å². The monoisotopic (exact) mass is 242 g/mol. The van der Waals surface area contributed by atoms with Crippen molar-refractivity contribution in [3.63, 3.8) is 0 Å². The maximum atomic E-state index is 5.13. The van der Waals surface area contributed by atoms with Gasteiger partial charge in [0, 0.05) is 18.3 Å². The van der Waals surface area contributed by atoms with Gasteiger partial charge in [-0.1, -0.05) is 24.3 Å². The number of benzene rings is 1. The van der Waals surface area contributed by atoms with Gasteiger partial charge in [0.25, 0.3) is 0 Å². The first-order chi connectivity index (χ1) is 8.74. The highest BCUT2D eigenvalue weighted by Gasteiger charge is 2.04. The third-order valence-electron chi connectivity index (χ3n) is 3.12. The van der Waals surface area contributed by atoms with E-state index in [9.17, 15) is 0 Å². The van der Waals surface area contributed by atoms with Crippen molar-refractivity contribution in [3.8, 4) is 17.0 Å². The largest absolute Gasteiger partial charge is 0.481 e. The predicted octanol–water partition coefficient (Wildman–Crippen LogP) is 3.04. The molecule has 0 bridgehead atoms. The first-order valence-corrected chi connectivity index (χ1v) is 6.02. The molecule has 1 atom stereocenters. The molecule has 1 aromatic heterocycles. The van der Waals surface area contributed by atoms with Crippen LogP contribution in [0.2, 0.25) is 0 Å². The van der Waals surface area contributed by atoms with Gasteiger partial charge in [0.2, 0.25) is 5.88 Å². The highest BCUT2D eigenvalue weighted by Crippen LogP contribution is 2.23. The van der Waals surface area contributed by atoms with E-state index in [1.807, 2.05) is 19.2 Å². The Morgan fingerprint density at radius 1 is 1.11 bits per heavy atom. The highest BCUT2D eigenvalue weighted by molar-refractivity contribution is 5.64. The summed E-state index contributed by atoms with van der Waals surface area (Å²) < 4.78 is 5.13. The molecule has 0 saturated carbocycles. The summed E-state index contributed by atoms with van der Waals surface area (Å²) in [5.41, 5.74) is 3.57. The van der Waals surface area contributed by atoms with Crippen LogP contribution in [0.3, 0.4) is 0 Å². The van der Waals surface area contributed by atoms with E-state index in [2.05, 4.69) is 41.5 Å². The fraction of sp³-hybridized carbons (Fsp3) is 0.267. The predicted molar refractivity (Wildman–Crippen MR) is 73.7 cm³/mol. The molecular formula is C15H18N2O. The summed E-state index contributed by atoms with van der Waals surface area (Å²) in [6.07, 6.45) is 1.76. The van der Waals surface area contributed by atoms with Crippen LogP contribution in [-0.2, 0) is 0 Å². The van der Waals surface area contributed by atoms with Crippen molar-refractivity contribution >= 4 is 0 Å². The van der Waals surface area contributed by atoms with Crippen LogP contribution in [0.4, 0.5) is 0 Å². The topological polar surface area (TPSA) is 34.2 Å². The lowest BCUT2D eigenvalue weighted by atomic mass is 10.0. The Balaban J connectivity index is 2.28. The smallest absolute Gasteiger partial charge is 0.213 e. The Hall–Kier alpha value is -1.87. The van der Waals surface area contributed by atoms with Crippen LogP contribution in [0.1, 0.15) is 18.5 Å². The molecule has 3 nitrogen and oxygen atoms in total. The normalized spacial score (nSPS) is 12.2.